The molecular weight excluding hydrogens is 195 g/mol. The summed E-state index contributed by atoms with van der Waals surface area (Å²) < 4.78 is 19.8. The van der Waals surface area contributed by atoms with Gasteiger partial charge >= 0.3 is 63.4 Å². The van der Waals surface area contributed by atoms with Crippen molar-refractivity contribution < 1.29 is 8.02 Å². The van der Waals surface area contributed by atoms with Gasteiger partial charge in [-0.05, 0) is 0 Å². The van der Waals surface area contributed by atoms with Crippen molar-refractivity contribution in [3.63, 3.8) is 0 Å². The Morgan fingerprint density at radius 1 is 1.30 bits per heavy atom. The zero-order chi connectivity index (χ0) is 7.56. The molecule has 1 N–H and O–H groups in total. The van der Waals surface area contributed by atoms with Crippen LogP contribution >= 0.6 is 0 Å². The number of rotatable bonds is 1. The first-order valence-corrected chi connectivity index (χ1v) is 5.20. The van der Waals surface area contributed by atoms with Crippen LogP contribution in [0.25, 0.3) is 0 Å². The fourth-order valence-electron chi connectivity index (χ4n) is 0.655. The van der Waals surface area contributed by atoms with E-state index in [0.29, 0.717) is 4.46 Å². The molecule has 1 aromatic rings. The van der Waals surface area contributed by atoms with Crippen molar-refractivity contribution in [3.8, 4) is 0 Å². The Morgan fingerprint density at radius 2 is 1.80 bits per heavy atom. The minimum atomic E-state index is -2.68. The Bertz CT molecular complexity index is 240. The first kappa shape index (κ1) is 7.60. The van der Waals surface area contributed by atoms with Crippen LogP contribution in [0.15, 0.2) is 24.3 Å². The zero-order valence-electron chi connectivity index (χ0n) is 5.57. The molecule has 0 aliphatic heterocycles. The molecule has 2 nitrogen and oxygen atoms in total. The molecule has 0 radical (unpaired) electrons. The average Bonchev–Trinajstić information content (AvgIpc) is 1.88. The second kappa shape index (κ2) is 3.06. The monoisotopic (exact) mass is 204 g/mol. The van der Waals surface area contributed by atoms with Crippen LogP contribution in [0.2, 0.25) is 0 Å². The predicted octanol–water partition coefficient (Wildman–Crippen LogP) is 0.113. The molecule has 0 heterocycles. The van der Waals surface area contributed by atoms with Crippen LogP contribution in [0, 0.1) is 6.92 Å². The van der Waals surface area contributed by atoms with Crippen molar-refractivity contribution in [1.82, 2.24) is 0 Å². The van der Waals surface area contributed by atoms with E-state index in [2.05, 4.69) is 0 Å². The molecule has 1 atom stereocenters. The van der Waals surface area contributed by atoms with Gasteiger partial charge in [0, 0.05) is 0 Å². The summed E-state index contributed by atoms with van der Waals surface area (Å²) in [4.78, 5) is 0. The van der Waals surface area contributed by atoms with Gasteiger partial charge in [-0.1, -0.05) is 0 Å². The normalized spacial score (nSPS) is 13.0. The van der Waals surface area contributed by atoms with Crippen molar-refractivity contribution in [3.05, 3.63) is 29.8 Å². The van der Waals surface area contributed by atoms with Crippen LogP contribution in [0.5, 0.6) is 0 Å². The third-order valence-electron chi connectivity index (χ3n) is 1.22. The van der Waals surface area contributed by atoms with Gasteiger partial charge in [0.25, 0.3) is 0 Å². The number of aryl methyl sites for hydroxylation is 1. The molecule has 1 unspecified atom stereocenters. The van der Waals surface area contributed by atoms with Gasteiger partial charge in [-0.2, -0.15) is 0 Å². The van der Waals surface area contributed by atoms with E-state index in [1.54, 1.807) is 12.1 Å². The van der Waals surface area contributed by atoms with Crippen molar-refractivity contribution in [2.45, 2.75) is 6.92 Å². The van der Waals surface area contributed by atoms with E-state index in [9.17, 15) is 3.83 Å². The molecule has 1 rings (SSSR count). The molecule has 0 aliphatic rings. The quantitative estimate of drug-likeness (QED) is 0.658. The maximum atomic E-state index is 10.5. The van der Waals surface area contributed by atoms with Gasteiger partial charge in [0.15, 0.2) is 0 Å². The predicted molar refractivity (Wildman–Crippen MR) is 39.5 cm³/mol. The molecule has 0 amide bonds. The van der Waals surface area contributed by atoms with Crippen LogP contribution in [0.3, 0.4) is 0 Å². The van der Waals surface area contributed by atoms with Crippen molar-refractivity contribution >= 4 is 18.6 Å². The number of hydrogen-bond acceptors (Lipinski definition) is 1. The Labute approximate surface area is 63.9 Å². The third-order valence-corrected chi connectivity index (χ3v) is 2.64. The molecule has 54 valence electrons. The summed E-state index contributed by atoms with van der Waals surface area (Å²) in [5.41, 5.74) is 1.11. The summed E-state index contributed by atoms with van der Waals surface area (Å²) in [7, 11) is 0. The summed E-state index contributed by atoms with van der Waals surface area (Å²) in [5.74, 6) is 0. The molecular formula is C7H8O2Se. The van der Waals surface area contributed by atoms with Gasteiger partial charge in [-0.25, -0.2) is 0 Å². The summed E-state index contributed by atoms with van der Waals surface area (Å²) in [6.45, 7) is 1.95. The second-order valence-corrected chi connectivity index (χ2v) is 4.10. The fraction of sp³-hybridized carbons (Fsp3) is 0.143. The SMILES string of the molecule is Cc1ccc([Se](=O)O)cc1. The summed E-state index contributed by atoms with van der Waals surface area (Å²) >= 11 is -2.68. The molecule has 10 heavy (non-hydrogen) atoms. The van der Waals surface area contributed by atoms with Gasteiger partial charge in [-0.15, -0.1) is 0 Å². The number of hydrogen-bond donors (Lipinski definition) is 1. The molecule has 0 saturated heterocycles. The molecule has 3 heteroatoms. The third kappa shape index (κ3) is 1.74. The van der Waals surface area contributed by atoms with E-state index in [1.807, 2.05) is 19.1 Å². The van der Waals surface area contributed by atoms with Gasteiger partial charge < -0.3 is 0 Å². The van der Waals surface area contributed by atoms with Crippen molar-refractivity contribution in [2.75, 3.05) is 0 Å². The Balaban J connectivity index is 3.00. The average molecular weight is 203 g/mol. The zero-order valence-corrected chi connectivity index (χ0v) is 7.29. The van der Waals surface area contributed by atoms with Crippen LogP contribution < -0.4 is 4.46 Å². The standard InChI is InChI=1S/C7H8O2Se/c1-6-2-4-7(5-3-6)10(8)9/h2-5H,1H3,(H,8,9). The van der Waals surface area contributed by atoms with E-state index in [1.165, 1.54) is 0 Å². The molecule has 0 aromatic heterocycles. The summed E-state index contributed by atoms with van der Waals surface area (Å²) in [6.07, 6.45) is 0. The molecule has 1 aromatic carbocycles. The Hall–Kier alpha value is -0.501. The molecule has 0 bridgehead atoms. The molecule has 0 saturated carbocycles. The molecule has 0 fully saturated rings. The topological polar surface area (TPSA) is 37.3 Å². The van der Waals surface area contributed by atoms with Gasteiger partial charge in [0.05, 0.1) is 0 Å². The van der Waals surface area contributed by atoms with Crippen LogP contribution in [-0.4, -0.2) is 18.4 Å². The van der Waals surface area contributed by atoms with Crippen LogP contribution in [0.1, 0.15) is 5.56 Å². The minimum absolute atomic E-state index is 0.547. The van der Waals surface area contributed by atoms with Gasteiger partial charge in [0.2, 0.25) is 0 Å². The summed E-state index contributed by atoms with van der Waals surface area (Å²) in [5, 5.41) is 0. The fourth-order valence-corrected chi connectivity index (χ4v) is 1.43. The maximum absolute atomic E-state index is 10.5. The summed E-state index contributed by atoms with van der Waals surface area (Å²) in [6, 6.07) is 7.04. The molecule has 0 aliphatic carbocycles. The first-order chi connectivity index (χ1) is 4.70. The van der Waals surface area contributed by atoms with Crippen molar-refractivity contribution in [1.29, 1.82) is 0 Å². The second-order valence-electron chi connectivity index (χ2n) is 2.06. The number of benzene rings is 1. The van der Waals surface area contributed by atoms with E-state index >= 15 is 0 Å². The van der Waals surface area contributed by atoms with E-state index in [4.69, 9.17) is 4.19 Å². The van der Waals surface area contributed by atoms with Gasteiger partial charge in [0.1, 0.15) is 0 Å². The first-order valence-electron chi connectivity index (χ1n) is 2.87. The van der Waals surface area contributed by atoms with Crippen molar-refractivity contribution in [2.24, 2.45) is 0 Å². The van der Waals surface area contributed by atoms with E-state index < -0.39 is 14.2 Å². The Kier molecular flexibility index (Phi) is 2.33. The molecule has 0 spiro atoms. The van der Waals surface area contributed by atoms with E-state index in [0.717, 1.165) is 5.56 Å². The Morgan fingerprint density at radius 3 is 2.20 bits per heavy atom. The van der Waals surface area contributed by atoms with Gasteiger partial charge in [-0.3, -0.25) is 0 Å². The van der Waals surface area contributed by atoms with E-state index in [-0.39, 0.29) is 0 Å². The van der Waals surface area contributed by atoms with Crippen LogP contribution in [-0.2, 0) is 3.83 Å². The van der Waals surface area contributed by atoms with Crippen LogP contribution in [0.4, 0.5) is 0 Å².